The number of carbonyl (C=O) groups excluding carboxylic acids is 3. The van der Waals surface area contributed by atoms with E-state index in [4.69, 9.17) is 0 Å². The predicted octanol–water partition coefficient (Wildman–Crippen LogP) is 1.03. The van der Waals surface area contributed by atoms with E-state index < -0.39 is 0 Å². The summed E-state index contributed by atoms with van der Waals surface area (Å²) in [6.45, 7) is 3.64. The van der Waals surface area contributed by atoms with Gasteiger partial charge in [-0.3, -0.25) is 14.4 Å². The first-order valence-corrected chi connectivity index (χ1v) is 9.11. The second-order valence-corrected chi connectivity index (χ2v) is 7.07. The molecular weight excluding hydrogens is 306 g/mol. The van der Waals surface area contributed by atoms with Gasteiger partial charge in [0.05, 0.1) is 5.92 Å². The van der Waals surface area contributed by atoms with Crippen LogP contribution in [0.25, 0.3) is 0 Å². The molecule has 24 heavy (non-hydrogen) atoms. The zero-order valence-corrected chi connectivity index (χ0v) is 14.3. The molecule has 0 bridgehead atoms. The molecule has 0 spiro atoms. The summed E-state index contributed by atoms with van der Waals surface area (Å²) in [7, 11) is 0. The molecule has 3 amide bonds. The van der Waals surface area contributed by atoms with Crippen LogP contribution in [-0.2, 0) is 14.4 Å². The van der Waals surface area contributed by atoms with E-state index in [1.54, 1.807) is 4.90 Å². The topological polar surface area (TPSA) is 60.9 Å². The molecule has 1 atom stereocenters. The Hall–Kier alpha value is -1.85. The number of amides is 3. The van der Waals surface area contributed by atoms with E-state index >= 15 is 0 Å². The highest BCUT2D eigenvalue weighted by Gasteiger charge is 2.37. The van der Waals surface area contributed by atoms with Crippen molar-refractivity contribution in [2.75, 3.05) is 39.3 Å². The fourth-order valence-corrected chi connectivity index (χ4v) is 3.87. The lowest BCUT2D eigenvalue weighted by molar-refractivity contribution is -0.139. The number of piperazine rings is 1. The van der Waals surface area contributed by atoms with Gasteiger partial charge in [0.2, 0.25) is 18.2 Å². The lowest BCUT2D eigenvalue weighted by atomic mass is 9.97. The summed E-state index contributed by atoms with van der Waals surface area (Å²) < 4.78 is 0. The number of carbonyl (C=O) groups is 3. The average Bonchev–Trinajstić information content (AvgIpc) is 3.01. The van der Waals surface area contributed by atoms with Crippen LogP contribution in [0.1, 0.15) is 38.5 Å². The van der Waals surface area contributed by atoms with Gasteiger partial charge < -0.3 is 14.7 Å². The minimum Gasteiger partial charge on any atom is -0.342 e. The zero-order valence-electron chi connectivity index (χ0n) is 14.3. The van der Waals surface area contributed by atoms with Crippen LogP contribution in [0.2, 0.25) is 0 Å². The molecule has 2 heterocycles. The maximum atomic E-state index is 12.6. The van der Waals surface area contributed by atoms with Crippen LogP contribution in [0.5, 0.6) is 0 Å². The highest BCUT2D eigenvalue weighted by atomic mass is 16.2. The van der Waals surface area contributed by atoms with Crippen molar-refractivity contribution in [3.8, 4) is 0 Å². The van der Waals surface area contributed by atoms with Crippen molar-refractivity contribution in [2.45, 2.75) is 38.5 Å². The summed E-state index contributed by atoms with van der Waals surface area (Å²) in [5.41, 5.74) is 1.47. The van der Waals surface area contributed by atoms with Crippen molar-refractivity contribution in [1.29, 1.82) is 0 Å². The third kappa shape index (κ3) is 3.97. The van der Waals surface area contributed by atoms with E-state index in [0.717, 1.165) is 32.2 Å². The van der Waals surface area contributed by atoms with E-state index in [0.29, 0.717) is 39.1 Å². The molecule has 0 aromatic heterocycles. The van der Waals surface area contributed by atoms with Crippen molar-refractivity contribution in [2.24, 2.45) is 5.92 Å². The summed E-state index contributed by atoms with van der Waals surface area (Å²) in [6, 6.07) is 0. The van der Waals surface area contributed by atoms with Gasteiger partial charge in [-0.1, -0.05) is 11.6 Å². The number of allylic oxidation sites excluding steroid dienone is 1. The smallest absolute Gasteiger partial charge is 0.228 e. The molecule has 132 valence electrons. The van der Waals surface area contributed by atoms with Gasteiger partial charge in [-0.15, -0.1) is 0 Å². The minimum atomic E-state index is -0.208. The number of nitrogens with zero attached hydrogens (tertiary/aromatic N) is 3. The Bertz CT molecular complexity index is 524. The van der Waals surface area contributed by atoms with Gasteiger partial charge in [0, 0.05) is 45.7 Å². The molecule has 2 fully saturated rings. The van der Waals surface area contributed by atoms with Gasteiger partial charge in [-0.05, 0) is 32.1 Å². The van der Waals surface area contributed by atoms with Crippen molar-refractivity contribution in [3.63, 3.8) is 0 Å². The third-order valence-electron chi connectivity index (χ3n) is 5.43. The van der Waals surface area contributed by atoms with Gasteiger partial charge in [0.25, 0.3) is 0 Å². The predicted molar refractivity (Wildman–Crippen MR) is 90.1 cm³/mol. The molecular formula is C18H27N3O3. The molecule has 6 nitrogen and oxygen atoms in total. The third-order valence-corrected chi connectivity index (χ3v) is 5.43. The Morgan fingerprint density at radius 2 is 2.00 bits per heavy atom. The normalized spacial score (nSPS) is 25.0. The molecule has 0 aromatic carbocycles. The first-order chi connectivity index (χ1) is 11.7. The zero-order chi connectivity index (χ0) is 16.9. The van der Waals surface area contributed by atoms with E-state index in [2.05, 4.69) is 6.08 Å². The van der Waals surface area contributed by atoms with E-state index in [1.807, 2.05) is 9.80 Å². The van der Waals surface area contributed by atoms with Crippen LogP contribution in [0.4, 0.5) is 0 Å². The molecule has 0 radical (unpaired) electrons. The van der Waals surface area contributed by atoms with E-state index in [-0.39, 0.29) is 17.7 Å². The molecule has 0 saturated carbocycles. The van der Waals surface area contributed by atoms with Crippen molar-refractivity contribution < 1.29 is 14.4 Å². The largest absolute Gasteiger partial charge is 0.342 e. The van der Waals surface area contributed by atoms with Crippen LogP contribution in [-0.4, -0.2) is 72.2 Å². The highest BCUT2D eigenvalue weighted by Crippen LogP contribution is 2.24. The van der Waals surface area contributed by atoms with Gasteiger partial charge in [-0.2, -0.15) is 0 Å². The van der Waals surface area contributed by atoms with Gasteiger partial charge >= 0.3 is 0 Å². The van der Waals surface area contributed by atoms with Crippen molar-refractivity contribution >= 4 is 18.2 Å². The summed E-state index contributed by atoms with van der Waals surface area (Å²) in [5.74, 6) is -0.0230. The standard InChI is InChI=1S/C18H27N3O3/c22-14-19-8-10-20(11-9-19)18(24)16-12-17(23)21(13-16)7-6-15-4-2-1-3-5-15/h4,14,16H,1-3,5-13H2. The molecule has 3 aliphatic rings. The second kappa shape index (κ2) is 7.81. The molecule has 0 aromatic rings. The highest BCUT2D eigenvalue weighted by molar-refractivity contribution is 5.89. The quantitative estimate of drug-likeness (QED) is 0.558. The minimum absolute atomic E-state index is 0.0771. The number of hydrogen-bond acceptors (Lipinski definition) is 3. The van der Waals surface area contributed by atoms with Crippen LogP contribution in [0.3, 0.4) is 0 Å². The summed E-state index contributed by atoms with van der Waals surface area (Å²) in [4.78, 5) is 41.0. The summed E-state index contributed by atoms with van der Waals surface area (Å²) in [6.07, 6.45) is 9.30. The molecule has 1 aliphatic carbocycles. The van der Waals surface area contributed by atoms with Gasteiger partial charge in [-0.25, -0.2) is 0 Å². The van der Waals surface area contributed by atoms with Crippen LogP contribution >= 0.6 is 0 Å². The first kappa shape index (κ1) is 17.0. The maximum Gasteiger partial charge on any atom is 0.228 e. The van der Waals surface area contributed by atoms with Crippen molar-refractivity contribution in [1.82, 2.24) is 14.7 Å². The Morgan fingerprint density at radius 3 is 2.67 bits per heavy atom. The summed E-state index contributed by atoms with van der Waals surface area (Å²) >= 11 is 0. The Labute approximate surface area is 143 Å². The van der Waals surface area contributed by atoms with Crippen LogP contribution in [0.15, 0.2) is 11.6 Å². The first-order valence-electron chi connectivity index (χ1n) is 9.11. The Kier molecular flexibility index (Phi) is 5.53. The number of rotatable bonds is 5. The Morgan fingerprint density at radius 1 is 1.21 bits per heavy atom. The summed E-state index contributed by atoms with van der Waals surface area (Å²) in [5, 5.41) is 0. The van der Waals surface area contributed by atoms with Gasteiger partial charge in [0.15, 0.2) is 0 Å². The van der Waals surface area contributed by atoms with E-state index in [1.165, 1.54) is 18.4 Å². The SMILES string of the molecule is O=CN1CCN(C(=O)C2CC(=O)N(CCC3=CCCCC3)C2)CC1. The molecule has 1 unspecified atom stereocenters. The van der Waals surface area contributed by atoms with E-state index in [9.17, 15) is 14.4 Å². The fraction of sp³-hybridized carbons (Fsp3) is 0.722. The lowest BCUT2D eigenvalue weighted by Crippen LogP contribution is -2.50. The van der Waals surface area contributed by atoms with Crippen LogP contribution in [0, 0.1) is 5.92 Å². The second-order valence-electron chi connectivity index (χ2n) is 7.07. The molecule has 2 aliphatic heterocycles. The van der Waals surface area contributed by atoms with Crippen LogP contribution < -0.4 is 0 Å². The monoisotopic (exact) mass is 333 g/mol. The Balaban J connectivity index is 1.48. The maximum absolute atomic E-state index is 12.6. The fourth-order valence-electron chi connectivity index (χ4n) is 3.87. The molecule has 0 N–H and O–H groups in total. The lowest BCUT2D eigenvalue weighted by Gasteiger charge is -2.33. The molecule has 6 heteroatoms. The molecule has 2 saturated heterocycles. The molecule has 3 rings (SSSR count). The van der Waals surface area contributed by atoms with Gasteiger partial charge in [0.1, 0.15) is 0 Å². The number of likely N-dealkylation sites (tertiary alicyclic amines) is 1. The number of hydrogen-bond donors (Lipinski definition) is 0. The van der Waals surface area contributed by atoms with Crippen molar-refractivity contribution in [3.05, 3.63) is 11.6 Å². The average molecular weight is 333 g/mol.